The van der Waals surface area contributed by atoms with Gasteiger partial charge < -0.3 is 9.99 Å². The number of hydrogen-bond donors (Lipinski definition) is 0. The monoisotopic (exact) mass is 347 g/mol. The fourth-order valence-electron chi connectivity index (χ4n) is 1.30. The maximum atomic E-state index is 12.9. The van der Waals surface area contributed by atoms with Crippen LogP contribution in [0.15, 0.2) is 24.3 Å². The van der Waals surface area contributed by atoms with Crippen LogP contribution in [0.1, 0.15) is 11.1 Å². The fraction of sp³-hybridized carbons (Fsp3) is 0.364. The summed E-state index contributed by atoms with van der Waals surface area (Å²) >= 11 is -0.830. The summed E-state index contributed by atoms with van der Waals surface area (Å²) in [5.74, 6) is -1.97. The highest BCUT2D eigenvalue weighted by atomic mass is 32.2. The molecule has 0 saturated carbocycles. The normalized spacial score (nSPS) is 12.3. The van der Waals surface area contributed by atoms with Crippen LogP contribution in [0.2, 0.25) is 0 Å². The molecule has 0 heterocycles. The molecule has 124 valence electrons. The zero-order valence-corrected chi connectivity index (χ0v) is 11.4. The highest BCUT2D eigenvalue weighted by Crippen LogP contribution is 2.31. The highest BCUT2D eigenvalue weighted by Gasteiger charge is 2.43. The number of esters is 1. The van der Waals surface area contributed by atoms with Gasteiger partial charge in [0.2, 0.25) is 0 Å². The molecule has 0 aliphatic rings. The lowest BCUT2D eigenvalue weighted by Crippen LogP contribution is -2.28. The Labute approximate surface area is 125 Å². The third-order valence-corrected chi connectivity index (χ3v) is 2.81. The number of carbonyl (C=O) groups excluding carboxylic acids is 1. The van der Waals surface area contributed by atoms with Gasteiger partial charge in [-0.1, -0.05) is 12.1 Å². The molecule has 0 aromatic heterocycles. The SMILES string of the molecule is O=C(OCCc1ccc(C(F)(F)F)cc1)C(F)(F)SOO[O-]. The average molecular weight is 347 g/mol. The summed E-state index contributed by atoms with van der Waals surface area (Å²) in [6.45, 7) is -0.488. The van der Waals surface area contributed by atoms with Gasteiger partial charge in [-0.25, -0.2) is 4.79 Å². The van der Waals surface area contributed by atoms with Crippen molar-refractivity contribution in [2.45, 2.75) is 17.9 Å². The average Bonchev–Trinajstić information content (AvgIpc) is 2.44. The molecule has 0 saturated heterocycles. The van der Waals surface area contributed by atoms with Gasteiger partial charge in [0.15, 0.2) is 0 Å². The van der Waals surface area contributed by atoms with Crippen molar-refractivity contribution in [1.82, 2.24) is 0 Å². The summed E-state index contributed by atoms with van der Waals surface area (Å²) < 4.78 is 70.4. The Morgan fingerprint density at radius 1 is 1.14 bits per heavy atom. The summed E-state index contributed by atoms with van der Waals surface area (Å²) in [7, 11) is 0. The minimum atomic E-state index is -4.48. The van der Waals surface area contributed by atoms with E-state index in [2.05, 4.69) is 14.1 Å². The Bertz CT molecular complexity index is 491. The number of hydrogen-bond acceptors (Lipinski definition) is 6. The fourth-order valence-corrected chi connectivity index (χ4v) is 1.54. The second-order valence-corrected chi connectivity index (χ2v) is 4.63. The van der Waals surface area contributed by atoms with Gasteiger partial charge in [-0.05, 0) is 17.7 Å². The van der Waals surface area contributed by atoms with Crippen LogP contribution >= 0.6 is 12.0 Å². The summed E-state index contributed by atoms with van der Waals surface area (Å²) in [6, 6.07) is 3.91. The van der Waals surface area contributed by atoms with E-state index in [-0.39, 0.29) is 6.42 Å². The van der Waals surface area contributed by atoms with Gasteiger partial charge >= 0.3 is 17.4 Å². The molecule has 0 atom stereocenters. The molecule has 0 aliphatic heterocycles. The van der Waals surface area contributed by atoms with E-state index in [0.717, 1.165) is 24.3 Å². The Balaban J connectivity index is 2.45. The van der Waals surface area contributed by atoms with Gasteiger partial charge in [-0.2, -0.15) is 26.3 Å². The number of benzene rings is 1. The van der Waals surface area contributed by atoms with Crippen molar-refractivity contribution in [2.75, 3.05) is 6.61 Å². The lowest BCUT2D eigenvalue weighted by Gasteiger charge is -2.14. The van der Waals surface area contributed by atoms with E-state index < -0.39 is 41.6 Å². The van der Waals surface area contributed by atoms with Gasteiger partial charge in [0, 0.05) is 6.42 Å². The van der Waals surface area contributed by atoms with E-state index in [9.17, 15) is 32.0 Å². The molecule has 22 heavy (non-hydrogen) atoms. The first-order valence-corrected chi connectivity index (χ1v) is 6.26. The van der Waals surface area contributed by atoms with E-state index in [1.54, 1.807) is 0 Å². The first-order valence-electron chi connectivity index (χ1n) is 5.52. The van der Waals surface area contributed by atoms with Crippen molar-refractivity contribution in [2.24, 2.45) is 0 Å². The second kappa shape index (κ2) is 7.72. The smallest absolute Gasteiger partial charge is 0.416 e. The second-order valence-electron chi connectivity index (χ2n) is 3.82. The number of halogens is 5. The molecule has 0 bridgehead atoms. The molecule has 0 fully saturated rings. The van der Waals surface area contributed by atoms with Gasteiger partial charge in [0.25, 0.3) is 0 Å². The maximum absolute atomic E-state index is 12.9. The molecular formula is C11H8F5O5S-. The Kier molecular flexibility index (Phi) is 6.53. The molecule has 1 aromatic rings. The molecular weight excluding hydrogens is 339 g/mol. The van der Waals surface area contributed by atoms with Gasteiger partial charge in [-0.15, -0.1) is 0 Å². The Morgan fingerprint density at radius 2 is 1.73 bits per heavy atom. The maximum Gasteiger partial charge on any atom is 0.416 e. The lowest BCUT2D eigenvalue weighted by molar-refractivity contribution is -0.777. The van der Waals surface area contributed by atoms with Crippen molar-refractivity contribution in [3.05, 3.63) is 35.4 Å². The first-order chi connectivity index (χ1) is 10.2. The van der Waals surface area contributed by atoms with Crippen molar-refractivity contribution in [3.8, 4) is 0 Å². The zero-order chi connectivity index (χ0) is 16.8. The quantitative estimate of drug-likeness (QED) is 0.248. The zero-order valence-electron chi connectivity index (χ0n) is 10.6. The van der Waals surface area contributed by atoms with Crippen molar-refractivity contribution < 1.29 is 46.1 Å². The number of ether oxygens (including phenoxy) is 1. The summed E-state index contributed by atoms with van der Waals surface area (Å²) in [5, 5.41) is 7.91. The molecule has 0 radical (unpaired) electrons. The molecule has 1 aromatic carbocycles. The van der Waals surface area contributed by atoms with Crippen molar-refractivity contribution >= 4 is 18.0 Å². The minimum Gasteiger partial charge on any atom is -0.691 e. The topological polar surface area (TPSA) is 67.8 Å². The lowest BCUT2D eigenvalue weighted by atomic mass is 10.1. The molecule has 1 rings (SSSR count). The van der Waals surface area contributed by atoms with Crippen LogP contribution in [-0.4, -0.2) is 17.8 Å². The van der Waals surface area contributed by atoms with Crippen LogP contribution in [-0.2, 0) is 31.5 Å². The number of rotatable bonds is 7. The van der Waals surface area contributed by atoms with Crippen molar-refractivity contribution in [1.29, 1.82) is 0 Å². The Morgan fingerprint density at radius 3 is 2.23 bits per heavy atom. The largest absolute Gasteiger partial charge is 0.691 e. The van der Waals surface area contributed by atoms with E-state index in [0.29, 0.717) is 5.56 Å². The van der Waals surface area contributed by atoms with Gasteiger partial charge in [0.1, 0.15) is 12.0 Å². The van der Waals surface area contributed by atoms with E-state index in [1.807, 2.05) is 0 Å². The summed E-state index contributed by atoms with van der Waals surface area (Å²) in [4.78, 5) is 11.0. The molecule has 0 amide bonds. The van der Waals surface area contributed by atoms with Gasteiger partial charge in [0.05, 0.1) is 12.2 Å². The van der Waals surface area contributed by atoms with Crippen LogP contribution in [0.4, 0.5) is 22.0 Å². The molecule has 11 heteroatoms. The third-order valence-electron chi connectivity index (χ3n) is 2.31. The van der Waals surface area contributed by atoms with Crippen LogP contribution < -0.4 is 5.26 Å². The van der Waals surface area contributed by atoms with E-state index in [4.69, 9.17) is 0 Å². The highest BCUT2D eigenvalue weighted by molar-refractivity contribution is 7.96. The third kappa shape index (κ3) is 5.75. The number of carbonyl (C=O) groups is 1. The first kappa shape index (κ1) is 18.6. The van der Waals surface area contributed by atoms with Crippen molar-refractivity contribution in [3.63, 3.8) is 0 Å². The minimum absolute atomic E-state index is 0.0659. The molecule has 0 unspecified atom stereocenters. The predicted molar refractivity (Wildman–Crippen MR) is 60.8 cm³/mol. The molecule has 5 nitrogen and oxygen atoms in total. The van der Waals surface area contributed by atoms with Crippen LogP contribution in [0.3, 0.4) is 0 Å². The van der Waals surface area contributed by atoms with Gasteiger partial charge in [-0.3, -0.25) is 5.04 Å². The Hall–Kier alpha value is -1.43. The van der Waals surface area contributed by atoms with Crippen LogP contribution in [0.25, 0.3) is 0 Å². The predicted octanol–water partition coefficient (Wildman–Crippen LogP) is 2.26. The molecule has 0 spiro atoms. The standard InChI is InChI=1S/C11H9F5O5S/c12-10(13,14)8-3-1-7(2-4-8)5-6-19-9(17)11(15,16)22-21-20-18/h1-4,18H,5-6H2/p-1. The summed E-state index contributed by atoms with van der Waals surface area (Å²) in [6.07, 6.45) is -4.54. The molecule has 0 aliphatic carbocycles. The summed E-state index contributed by atoms with van der Waals surface area (Å²) in [5.41, 5.74) is -0.498. The van der Waals surface area contributed by atoms with E-state index in [1.165, 1.54) is 0 Å². The van der Waals surface area contributed by atoms with Crippen LogP contribution in [0, 0.1) is 0 Å². The van der Waals surface area contributed by atoms with E-state index >= 15 is 0 Å². The molecule has 0 N–H and O–H groups in total. The number of alkyl halides is 5. The van der Waals surface area contributed by atoms with Crippen LogP contribution in [0.5, 0.6) is 0 Å².